The number of aliphatic imine (C=N–C) groups is 1. The SMILES string of the molecule is CCOC(CCNC(=NC)NCC1(C(=O)N(C)C)CCCC1)C1CCCC1. The molecule has 2 aliphatic carbocycles. The molecule has 2 saturated carbocycles. The number of nitrogens with zero attached hydrogens (tertiary/aromatic N) is 2. The van der Waals surface area contributed by atoms with Gasteiger partial charge in [0.1, 0.15) is 0 Å². The number of carbonyl (C=O) groups is 1. The Labute approximate surface area is 165 Å². The highest BCUT2D eigenvalue weighted by Gasteiger charge is 2.42. The van der Waals surface area contributed by atoms with E-state index in [-0.39, 0.29) is 11.3 Å². The number of hydrogen-bond acceptors (Lipinski definition) is 3. The van der Waals surface area contributed by atoms with E-state index in [0.29, 0.717) is 18.6 Å². The van der Waals surface area contributed by atoms with Crippen molar-refractivity contribution in [2.75, 3.05) is 40.8 Å². The van der Waals surface area contributed by atoms with Crippen LogP contribution in [-0.4, -0.2) is 63.7 Å². The molecule has 2 N–H and O–H groups in total. The summed E-state index contributed by atoms with van der Waals surface area (Å²) in [5.41, 5.74) is -0.279. The molecule has 0 aromatic rings. The summed E-state index contributed by atoms with van der Waals surface area (Å²) in [7, 11) is 5.50. The van der Waals surface area contributed by atoms with Crippen LogP contribution in [0.15, 0.2) is 4.99 Å². The molecule has 2 fully saturated rings. The Morgan fingerprint density at radius 3 is 2.41 bits per heavy atom. The second-order valence-corrected chi connectivity index (χ2v) is 8.37. The van der Waals surface area contributed by atoms with Crippen LogP contribution in [-0.2, 0) is 9.53 Å². The molecule has 0 aromatic heterocycles. The average molecular weight is 381 g/mol. The molecule has 2 rings (SSSR count). The van der Waals surface area contributed by atoms with Crippen LogP contribution in [0.4, 0.5) is 0 Å². The van der Waals surface area contributed by atoms with E-state index in [1.165, 1.54) is 25.7 Å². The first-order chi connectivity index (χ1) is 13.0. The quantitative estimate of drug-likeness (QED) is 0.477. The first-order valence-electron chi connectivity index (χ1n) is 10.8. The summed E-state index contributed by atoms with van der Waals surface area (Å²) in [6.45, 7) is 4.36. The highest BCUT2D eigenvalue weighted by atomic mass is 16.5. The highest BCUT2D eigenvalue weighted by Crippen LogP contribution is 2.38. The first kappa shape index (κ1) is 22.0. The Morgan fingerprint density at radius 1 is 1.19 bits per heavy atom. The van der Waals surface area contributed by atoms with E-state index in [2.05, 4.69) is 22.5 Å². The summed E-state index contributed by atoms with van der Waals surface area (Å²) in [5.74, 6) is 1.73. The lowest BCUT2D eigenvalue weighted by molar-refractivity contribution is -0.138. The van der Waals surface area contributed by atoms with Crippen molar-refractivity contribution in [3.8, 4) is 0 Å². The minimum absolute atomic E-state index is 0.237. The lowest BCUT2D eigenvalue weighted by Gasteiger charge is -2.31. The van der Waals surface area contributed by atoms with Gasteiger partial charge in [0, 0.05) is 40.8 Å². The number of amides is 1. The number of guanidine groups is 1. The maximum Gasteiger partial charge on any atom is 0.230 e. The fourth-order valence-corrected chi connectivity index (χ4v) is 4.80. The molecule has 1 amide bonds. The monoisotopic (exact) mass is 380 g/mol. The van der Waals surface area contributed by atoms with Gasteiger partial charge in [-0.05, 0) is 44.9 Å². The van der Waals surface area contributed by atoms with Crippen LogP contribution in [0.25, 0.3) is 0 Å². The van der Waals surface area contributed by atoms with E-state index in [1.54, 1.807) is 11.9 Å². The Hall–Kier alpha value is -1.30. The van der Waals surface area contributed by atoms with Crippen molar-refractivity contribution >= 4 is 11.9 Å². The van der Waals surface area contributed by atoms with E-state index in [1.807, 2.05) is 14.1 Å². The molecule has 0 bridgehead atoms. The summed E-state index contributed by atoms with van der Waals surface area (Å²) in [5, 5.41) is 6.84. The Bertz CT molecular complexity index is 481. The van der Waals surface area contributed by atoms with Crippen LogP contribution in [0.3, 0.4) is 0 Å². The number of rotatable bonds is 9. The standard InChI is InChI=1S/C21H40N4O2/c1-5-27-18(17-10-6-7-11-17)12-15-23-20(22-2)24-16-21(13-8-9-14-21)19(26)25(3)4/h17-18H,5-16H2,1-4H3,(H2,22,23,24). The van der Waals surface area contributed by atoms with Crippen molar-refractivity contribution in [2.24, 2.45) is 16.3 Å². The van der Waals surface area contributed by atoms with Crippen molar-refractivity contribution in [2.45, 2.75) is 70.8 Å². The van der Waals surface area contributed by atoms with E-state index < -0.39 is 0 Å². The molecule has 156 valence electrons. The van der Waals surface area contributed by atoms with Crippen molar-refractivity contribution in [3.05, 3.63) is 0 Å². The molecule has 1 unspecified atom stereocenters. The van der Waals surface area contributed by atoms with Gasteiger partial charge in [-0.15, -0.1) is 0 Å². The fourth-order valence-electron chi connectivity index (χ4n) is 4.80. The molecule has 0 saturated heterocycles. The molecule has 0 aliphatic heterocycles. The van der Waals surface area contributed by atoms with Crippen LogP contribution < -0.4 is 10.6 Å². The van der Waals surface area contributed by atoms with Crippen LogP contribution in [0.1, 0.15) is 64.7 Å². The van der Waals surface area contributed by atoms with Gasteiger partial charge >= 0.3 is 0 Å². The number of hydrogen-bond donors (Lipinski definition) is 2. The number of ether oxygens (including phenoxy) is 1. The zero-order valence-corrected chi connectivity index (χ0v) is 17.9. The van der Waals surface area contributed by atoms with Crippen molar-refractivity contribution < 1.29 is 9.53 Å². The van der Waals surface area contributed by atoms with Gasteiger partial charge in [-0.3, -0.25) is 9.79 Å². The van der Waals surface area contributed by atoms with E-state index in [4.69, 9.17) is 4.74 Å². The molecule has 0 radical (unpaired) electrons. The minimum atomic E-state index is -0.279. The second kappa shape index (κ2) is 10.9. The van der Waals surface area contributed by atoms with Gasteiger partial charge in [0.25, 0.3) is 0 Å². The maximum atomic E-state index is 12.7. The largest absolute Gasteiger partial charge is 0.378 e. The summed E-state index contributed by atoms with van der Waals surface area (Å²) >= 11 is 0. The molecule has 0 aromatic carbocycles. The molecular weight excluding hydrogens is 340 g/mol. The fraction of sp³-hybridized carbons (Fsp3) is 0.905. The summed E-state index contributed by atoms with van der Waals surface area (Å²) in [6, 6.07) is 0. The molecular formula is C21H40N4O2. The summed E-state index contributed by atoms with van der Waals surface area (Å²) in [6.07, 6.45) is 10.8. The Morgan fingerprint density at radius 2 is 1.85 bits per heavy atom. The van der Waals surface area contributed by atoms with Crippen molar-refractivity contribution in [1.82, 2.24) is 15.5 Å². The third-order valence-electron chi connectivity index (χ3n) is 6.27. The molecule has 0 spiro atoms. The average Bonchev–Trinajstić information content (AvgIpc) is 3.35. The lowest BCUT2D eigenvalue weighted by atomic mass is 9.84. The third-order valence-corrected chi connectivity index (χ3v) is 6.27. The summed E-state index contributed by atoms with van der Waals surface area (Å²) < 4.78 is 6.01. The van der Waals surface area contributed by atoms with Gasteiger partial charge in [0.2, 0.25) is 5.91 Å². The predicted octanol–water partition coefficient (Wildman–Crippen LogP) is 2.79. The van der Waals surface area contributed by atoms with E-state index in [9.17, 15) is 4.79 Å². The second-order valence-electron chi connectivity index (χ2n) is 8.37. The molecule has 6 nitrogen and oxygen atoms in total. The van der Waals surface area contributed by atoms with Gasteiger partial charge in [-0.25, -0.2) is 0 Å². The zero-order valence-electron chi connectivity index (χ0n) is 17.9. The van der Waals surface area contributed by atoms with Crippen molar-refractivity contribution in [1.29, 1.82) is 0 Å². The highest BCUT2D eigenvalue weighted by molar-refractivity contribution is 5.85. The van der Waals surface area contributed by atoms with Gasteiger partial charge in [-0.1, -0.05) is 25.7 Å². The van der Waals surface area contributed by atoms with Crippen LogP contribution in [0.5, 0.6) is 0 Å². The topological polar surface area (TPSA) is 66.0 Å². The predicted molar refractivity (Wildman–Crippen MR) is 111 cm³/mol. The van der Waals surface area contributed by atoms with Gasteiger partial charge < -0.3 is 20.3 Å². The van der Waals surface area contributed by atoms with E-state index in [0.717, 1.165) is 51.2 Å². The number of carbonyl (C=O) groups excluding carboxylic acids is 1. The van der Waals surface area contributed by atoms with Gasteiger partial charge in [-0.2, -0.15) is 0 Å². The summed E-state index contributed by atoms with van der Waals surface area (Å²) in [4.78, 5) is 18.8. The Kier molecular flexibility index (Phi) is 8.87. The lowest BCUT2D eigenvalue weighted by Crippen LogP contribution is -2.49. The molecule has 0 heterocycles. The van der Waals surface area contributed by atoms with E-state index >= 15 is 0 Å². The minimum Gasteiger partial charge on any atom is -0.378 e. The van der Waals surface area contributed by atoms with Crippen LogP contribution in [0, 0.1) is 11.3 Å². The zero-order chi connectivity index (χ0) is 19.7. The van der Waals surface area contributed by atoms with Gasteiger partial charge in [0.15, 0.2) is 5.96 Å². The van der Waals surface area contributed by atoms with Crippen LogP contribution >= 0.6 is 0 Å². The normalized spacial score (nSPS) is 21.3. The third kappa shape index (κ3) is 6.09. The van der Waals surface area contributed by atoms with Crippen molar-refractivity contribution in [3.63, 3.8) is 0 Å². The molecule has 1 atom stereocenters. The smallest absolute Gasteiger partial charge is 0.230 e. The maximum absolute atomic E-state index is 12.7. The molecule has 6 heteroatoms. The number of nitrogens with one attached hydrogen (secondary N) is 2. The van der Waals surface area contributed by atoms with Gasteiger partial charge in [0.05, 0.1) is 11.5 Å². The molecule has 2 aliphatic rings. The molecule has 27 heavy (non-hydrogen) atoms. The van der Waals surface area contributed by atoms with Crippen LogP contribution in [0.2, 0.25) is 0 Å². The Balaban J connectivity index is 1.81. The first-order valence-corrected chi connectivity index (χ1v) is 10.8.